The number of aryl methyl sites for hydroxylation is 1. The van der Waals surface area contributed by atoms with Crippen LogP contribution in [-0.4, -0.2) is 23.1 Å². The summed E-state index contributed by atoms with van der Waals surface area (Å²) in [6.45, 7) is 6.23. The van der Waals surface area contributed by atoms with Crippen molar-refractivity contribution in [3.05, 3.63) is 21.9 Å². The lowest BCUT2D eigenvalue weighted by Crippen LogP contribution is -2.45. The third-order valence-corrected chi connectivity index (χ3v) is 3.69. The van der Waals surface area contributed by atoms with Crippen LogP contribution in [-0.2, 0) is 6.42 Å². The zero-order chi connectivity index (χ0) is 12.8. The Kier molecular flexibility index (Phi) is 5.44. The number of oxime groups is 1. The minimum absolute atomic E-state index is 0.0592. The predicted octanol–water partition coefficient (Wildman–Crippen LogP) is 2.10. The van der Waals surface area contributed by atoms with Crippen LogP contribution in [0.1, 0.15) is 30.0 Å². The topological polar surface area (TPSA) is 70.6 Å². The summed E-state index contributed by atoms with van der Waals surface area (Å²) in [7, 11) is 0. The molecule has 5 heteroatoms. The van der Waals surface area contributed by atoms with Gasteiger partial charge in [-0.2, -0.15) is 0 Å². The van der Waals surface area contributed by atoms with Crippen LogP contribution < -0.4 is 11.1 Å². The van der Waals surface area contributed by atoms with Gasteiger partial charge in [-0.25, -0.2) is 0 Å². The van der Waals surface area contributed by atoms with E-state index in [9.17, 15) is 0 Å². The largest absolute Gasteiger partial charge is 0.409 e. The van der Waals surface area contributed by atoms with E-state index in [0.717, 1.165) is 12.8 Å². The van der Waals surface area contributed by atoms with E-state index in [0.29, 0.717) is 6.04 Å². The van der Waals surface area contributed by atoms with E-state index in [1.54, 1.807) is 0 Å². The van der Waals surface area contributed by atoms with E-state index in [1.165, 1.54) is 9.75 Å². The molecule has 0 saturated heterocycles. The number of hydrogen-bond donors (Lipinski definition) is 3. The van der Waals surface area contributed by atoms with Crippen LogP contribution in [0.3, 0.4) is 0 Å². The fourth-order valence-corrected chi connectivity index (χ4v) is 2.80. The van der Waals surface area contributed by atoms with Gasteiger partial charge in [-0.05, 0) is 38.8 Å². The lowest BCUT2D eigenvalue weighted by Gasteiger charge is -2.20. The van der Waals surface area contributed by atoms with Gasteiger partial charge < -0.3 is 16.3 Å². The van der Waals surface area contributed by atoms with Gasteiger partial charge in [0.1, 0.15) is 0 Å². The molecule has 0 radical (unpaired) electrons. The molecule has 1 rings (SSSR count). The van der Waals surface area contributed by atoms with Gasteiger partial charge in [0.05, 0.1) is 6.04 Å². The fourth-order valence-electron chi connectivity index (χ4n) is 1.78. The summed E-state index contributed by atoms with van der Waals surface area (Å²) in [6, 6.07) is 4.53. The molecule has 1 heterocycles. The van der Waals surface area contributed by atoms with Crippen molar-refractivity contribution >= 4 is 17.2 Å². The predicted molar refractivity (Wildman–Crippen MR) is 72.8 cm³/mol. The molecule has 2 unspecified atom stereocenters. The number of rotatable bonds is 6. The molecule has 0 spiro atoms. The molecular weight excluding hydrogens is 234 g/mol. The summed E-state index contributed by atoms with van der Waals surface area (Å²) in [6.07, 6.45) is 1.78. The Morgan fingerprint density at radius 2 is 2.29 bits per heavy atom. The van der Waals surface area contributed by atoms with Gasteiger partial charge in [-0.15, -0.1) is 11.3 Å². The molecule has 0 aromatic carbocycles. The Morgan fingerprint density at radius 1 is 1.59 bits per heavy atom. The highest BCUT2D eigenvalue weighted by Gasteiger charge is 2.15. The molecule has 96 valence electrons. The molecule has 17 heavy (non-hydrogen) atoms. The Morgan fingerprint density at radius 3 is 2.76 bits per heavy atom. The lowest BCUT2D eigenvalue weighted by atomic mass is 10.1. The van der Waals surface area contributed by atoms with E-state index in [-0.39, 0.29) is 11.9 Å². The van der Waals surface area contributed by atoms with Crippen LogP contribution in [0.4, 0.5) is 0 Å². The Bertz CT molecular complexity index is 376. The second kappa shape index (κ2) is 6.61. The van der Waals surface area contributed by atoms with E-state index in [1.807, 2.05) is 18.3 Å². The molecule has 0 bridgehead atoms. The van der Waals surface area contributed by atoms with Crippen LogP contribution in [0.5, 0.6) is 0 Å². The quantitative estimate of drug-likeness (QED) is 0.315. The number of thiophene rings is 1. The first-order valence-electron chi connectivity index (χ1n) is 5.85. The summed E-state index contributed by atoms with van der Waals surface area (Å²) in [5.74, 6) is 0.252. The summed E-state index contributed by atoms with van der Waals surface area (Å²) in [5.41, 5.74) is 5.61. The fraction of sp³-hybridized carbons (Fsp3) is 0.583. The first-order valence-corrected chi connectivity index (χ1v) is 6.67. The average molecular weight is 255 g/mol. The lowest BCUT2D eigenvalue weighted by molar-refractivity contribution is 0.313. The van der Waals surface area contributed by atoms with Gasteiger partial charge in [-0.3, -0.25) is 0 Å². The molecule has 4 nitrogen and oxygen atoms in total. The highest BCUT2D eigenvalue weighted by Crippen LogP contribution is 2.16. The van der Waals surface area contributed by atoms with Crippen LogP contribution in [0.25, 0.3) is 0 Å². The molecule has 2 atom stereocenters. The third kappa shape index (κ3) is 4.36. The number of nitrogens with one attached hydrogen (secondary N) is 1. The van der Waals surface area contributed by atoms with Crippen molar-refractivity contribution < 1.29 is 5.21 Å². The molecule has 1 aromatic heterocycles. The molecule has 0 amide bonds. The second-order valence-corrected chi connectivity index (χ2v) is 5.64. The normalized spacial score (nSPS) is 15.8. The Balaban J connectivity index is 2.50. The van der Waals surface area contributed by atoms with E-state index >= 15 is 0 Å². The van der Waals surface area contributed by atoms with Crippen LogP contribution >= 0.6 is 11.3 Å². The maximum atomic E-state index is 8.67. The summed E-state index contributed by atoms with van der Waals surface area (Å²) in [5, 5.41) is 15.1. The molecule has 0 fully saturated rings. The molecule has 0 saturated carbocycles. The van der Waals surface area contributed by atoms with E-state index in [4.69, 9.17) is 10.9 Å². The van der Waals surface area contributed by atoms with Crippen LogP contribution in [0, 0.1) is 6.92 Å². The van der Waals surface area contributed by atoms with E-state index < -0.39 is 0 Å². The van der Waals surface area contributed by atoms with E-state index in [2.05, 4.69) is 36.5 Å². The van der Waals surface area contributed by atoms with Crippen molar-refractivity contribution in [2.75, 3.05) is 0 Å². The van der Waals surface area contributed by atoms with Crippen molar-refractivity contribution in [1.82, 2.24) is 5.32 Å². The monoisotopic (exact) mass is 255 g/mol. The number of amidine groups is 1. The highest BCUT2D eigenvalue weighted by atomic mass is 32.1. The summed E-state index contributed by atoms with van der Waals surface area (Å²) in [4.78, 5) is 2.69. The molecule has 0 aliphatic carbocycles. The molecule has 0 aliphatic rings. The Labute approximate surface area is 107 Å². The number of nitrogens with two attached hydrogens (primary N) is 1. The van der Waals surface area contributed by atoms with Gasteiger partial charge in [0.15, 0.2) is 5.84 Å². The molecule has 4 N–H and O–H groups in total. The van der Waals surface area contributed by atoms with Gasteiger partial charge >= 0.3 is 0 Å². The SMILES string of the molecule is CCC(NC(C)Cc1ccc(C)s1)C(N)=NO. The first-order chi connectivity index (χ1) is 8.06. The smallest absolute Gasteiger partial charge is 0.156 e. The van der Waals surface area contributed by atoms with Gasteiger partial charge in [-0.1, -0.05) is 12.1 Å². The molecular formula is C12H21N3OS. The van der Waals surface area contributed by atoms with Crippen molar-refractivity contribution in [3.63, 3.8) is 0 Å². The first kappa shape index (κ1) is 14.0. The van der Waals surface area contributed by atoms with Crippen LogP contribution in [0.15, 0.2) is 17.3 Å². The van der Waals surface area contributed by atoms with Gasteiger partial charge in [0.25, 0.3) is 0 Å². The van der Waals surface area contributed by atoms with Gasteiger partial charge in [0, 0.05) is 15.8 Å². The highest BCUT2D eigenvalue weighted by molar-refractivity contribution is 7.11. The Hall–Kier alpha value is -1.07. The van der Waals surface area contributed by atoms with Crippen molar-refractivity contribution in [3.8, 4) is 0 Å². The second-order valence-electron chi connectivity index (χ2n) is 4.27. The van der Waals surface area contributed by atoms with Crippen molar-refractivity contribution in [2.45, 2.75) is 45.7 Å². The number of nitrogens with zero attached hydrogens (tertiary/aromatic N) is 1. The maximum Gasteiger partial charge on any atom is 0.156 e. The zero-order valence-electron chi connectivity index (χ0n) is 10.6. The zero-order valence-corrected chi connectivity index (χ0v) is 11.4. The summed E-state index contributed by atoms with van der Waals surface area (Å²) >= 11 is 1.81. The standard InChI is InChI=1S/C12H21N3OS/c1-4-11(12(13)15-16)14-8(2)7-10-6-5-9(3)17-10/h5-6,8,11,14,16H,4,7H2,1-3H3,(H2,13,15). The third-order valence-electron chi connectivity index (χ3n) is 2.67. The number of hydrogen-bond acceptors (Lipinski definition) is 4. The van der Waals surface area contributed by atoms with Crippen LogP contribution in [0.2, 0.25) is 0 Å². The van der Waals surface area contributed by atoms with Crippen molar-refractivity contribution in [2.24, 2.45) is 10.9 Å². The summed E-state index contributed by atoms with van der Waals surface area (Å²) < 4.78 is 0. The minimum Gasteiger partial charge on any atom is -0.409 e. The molecule has 1 aromatic rings. The van der Waals surface area contributed by atoms with Gasteiger partial charge in [0.2, 0.25) is 0 Å². The van der Waals surface area contributed by atoms with Crippen molar-refractivity contribution in [1.29, 1.82) is 0 Å². The molecule has 0 aliphatic heterocycles. The average Bonchev–Trinajstić information content (AvgIpc) is 2.70. The minimum atomic E-state index is -0.0592. The maximum absolute atomic E-state index is 8.67.